The first-order chi connectivity index (χ1) is 12.2. The molecule has 1 amide bonds. The van der Waals surface area contributed by atoms with E-state index in [9.17, 15) is 4.79 Å². The van der Waals surface area contributed by atoms with Gasteiger partial charge >= 0.3 is 0 Å². The SMILES string of the molecule is COc1ccc(OC(C)C(=O)Nc2nnc(-c3ccccc3)s2)cc1. The number of methoxy groups -OCH3 is 1. The number of hydrogen-bond donors (Lipinski definition) is 1. The first-order valence-electron chi connectivity index (χ1n) is 7.66. The van der Waals surface area contributed by atoms with Crippen LogP contribution in [0.15, 0.2) is 54.6 Å². The monoisotopic (exact) mass is 355 g/mol. The van der Waals surface area contributed by atoms with Gasteiger partial charge in [-0.2, -0.15) is 0 Å². The number of carbonyl (C=O) groups is 1. The zero-order valence-electron chi connectivity index (χ0n) is 13.8. The summed E-state index contributed by atoms with van der Waals surface area (Å²) in [6.07, 6.45) is -0.669. The fraction of sp³-hybridized carbons (Fsp3) is 0.167. The van der Waals surface area contributed by atoms with E-state index in [1.54, 1.807) is 38.3 Å². The summed E-state index contributed by atoms with van der Waals surface area (Å²) < 4.78 is 10.7. The predicted molar refractivity (Wildman–Crippen MR) is 97.1 cm³/mol. The van der Waals surface area contributed by atoms with E-state index in [1.165, 1.54) is 11.3 Å². The van der Waals surface area contributed by atoms with Crippen LogP contribution in [0.2, 0.25) is 0 Å². The van der Waals surface area contributed by atoms with Gasteiger partial charge in [-0.25, -0.2) is 0 Å². The van der Waals surface area contributed by atoms with Crippen molar-refractivity contribution in [2.45, 2.75) is 13.0 Å². The molecular weight excluding hydrogens is 338 g/mol. The lowest BCUT2D eigenvalue weighted by Crippen LogP contribution is -2.30. The third-order valence-electron chi connectivity index (χ3n) is 3.42. The molecule has 0 bridgehead atoms. The number of benzene rings is 2. The number of nitrogens with zero attached hydrogens (tertiary/aromatic N) is 2. The van der Waals surface area contributed by atoms with E-state index in [4.69, 9.17) is 9.47 Å². The quantitative estimate of drug-likeness (QED) is 0.731. The van der Waals surface area contributed by atoms with Crippen molar-refractivity contribution in [2.24, 2.45) is 0 Å². The molecule has 1 heterocycles. The van der Waals surface area contributed by atoms with Crippen molar-refractivity contribution in [1.82, 2.24) is 10.2 Å². The van der Waals surface area contributed by atoms with E-state index in [0.717, 1.165) is 16.3 Å². The Balaban J connectivity index is 1.60. The fourth-order valence-corrected chi connectivity index (χ4v) is 2.84. The molecule has 2 aromatic carbocycles. The Hall–Kier alpha value is -2.93. The van der Waals surface area contributed by atoms with Gasteiger partial charge in [0.15, 0.2) is 6.10 Å². The molecule has 128 valence electrons. The summed E-state index contributed by atoms with van der Waals surface area (Å²) in [5.74, 6) is 1.03. The van der Waals surface area contributed by atoms with Crippen molar-refractivity contribution in [3.05, 3.63) is 54.6 Å². The average molecular weight is 355 g/mol. The van der Waals surface area contributed by atoms with Crippen molar-refractivity contribution < 1.29 is 14.3 Å². The van der Waals surface area contributed by atoms with Crippen LogP contribution in [0.1, 0.15) is 6.92 Å². The molecule has 0 fully saturated rings. The van der Waals surface area contributed by atoms with Gasteiger partial charge in [0.25, 0.3) is 5.91 Å². The van der Waals surface area contributed by atoms with E-state index in [0.29, 0.717) is 10.9 Å². The summed E-state index contributed by atoms with van der Waals surface area (Å²) in [5.41, 5.74) is 0.961. The van der Waals surface area contributed by atoms with Crippen LogP contribution in [0.3, 0.4) is 0 Å². The summed E-state index contributed by atoms with van der Waals surface area (Å²) in [6, 6.07) is 16.7. The van der Waals surface area contributed by atoms with Gasteiger partial charge in [0, 0.05) is 5.56 Å². The smallest absolute Gasteiger partial charge is 0.266 e. The maximum atomic E-state index is 12.3. The fourth-order valence-electron chi connectivity index (χ4n) is 2.09. The van der Waals surface area contributed by atoms with Crippen molar-refractivity contribution in [2.75, 3.05) is 12.4 Å². The number of aromatic nitrogens is 2. The summed E-state index contributed by atoms with van der Waals surface area (Å²) in [6.45, 7) is 1.68. The number of carbonyl (C=O) groups excluding carboxylic acids is 1. The summed E-state index contributed by atoms with van der Waals surface area (Å²) in [5, 5.41) is 12.0. The highest BCUT2D eigenvalue weighted by molar-refractivity contribution is 7.18. The molecule has 1 unspecified atom stereocenters. The topological polar surface area (TPSA) is 73.3 Å². The molecule has 0 aliphatic carbocycles. The molecule has 0 aliphatic heterocycles. The van der Waals surface area contributed by atoms with Crippen LogP contribution < -0.4 is 14.8 Å². The van der Waals surface area contributed by atoms with Gasteiger partial charge in [-0.3, -0.25) is 10.1 Å². The Kier molecular flexibility index (Phi) is 5.25. The number of nitrogens with one attached hydrogen (secondary N) is 1. The van der Waals surface area contributed by atoms with E-state index < -0.39 is 6.10 Å². The zero-order valence-corrected chi connectivity index (χ0v) is 14.6. The molecule has 0 saturated heterocycles. The molecule has 3 rings (SSSR count). The van der Waals surface area contributed by atoms with E-state index >= 15 is 0 Å². The maximum Gasteiger partial charge on any atom is 0.266 e. The summed E-state index contributed by atoms with van der Waals surface area (Å²) in [7, 11) is 1.59. The van der Waals surface area contributed by atoms with Gasteiger partial charge in [0.05, 0.1) is 7.11 Å². The molecule has 1 atom stereocenters. The Morgan fingerprint density at radius 2 is 1.72 bits per heavy atom. The second-order valence-electron chi connectivity index (χ2n) is 5.20. The minimum Gasteiger partial charge on any atom is -0.497 e. The van der Waals surface area contributed by atoms with Gasteiger partial charge < -0.3 is 9.47 Å². The molecule has 1 N–H and O–H groups in total. The first-order valence-corrected chi connectivity index (χ1v) is 8.48. The lowest BCUT2D eigenvalue weighted by Gasteiger charge is -2.13. The molecule has 0 aliphatic rings. The third kappa shape index (κ3) is 4.33. The molecule has 1 aromatic heterocycles. The summed E-state index contributed by atoms with van der Waals surface area (Å²) >= 11 is 1.32. The number of ether oxygens (including phenoxy) is 2. The number of hydrogen-bond acceptors (Lipinski definition) is 6. The van der Waals surface area contributed by atoms with Crippen molar-refractivity contribution in [3.8, 4) is 22.1 Å². The zero-order chi connectivity index (χ0) is 17.6. The largest absolute Gasteiger partial charge is 0.497 e. The standard InChI is InChI=1S/C18H17N3O3S/c1-12(24-15-10-8-14(23-2)9-11-15)16(22)19-18-21-20-17(25-18)13-6-4-3-5-7-13/h3-12H,1-2H3,(H,19,21,22). The van der Waals surface area contributed by atoms with Crippen LogP contribution in [0.4, 0.5) is 5.13 Å². The number of rotatable bonds is 6. The molecule has 0 saturated carbocycles. The third-order valence-corrected chi connectivity index (χ3v) is 4.31. The number of anilines is 1. The Morgan fingerprint density at radius 1 is 1.04 bits per heavy atom. The van der Waals surface area contributed by atoms with E-state index in [2.05, 4.69) is 15.5 Å². The second kappa shape index (κ2) is 7.76. The van der Waals surface area contributed by atoms with Crippen LogP contribution in [0.5, 0.6) is 11.5 Å². The van der Waals surface area contributed by atoms with E-state index in [-0.39, 0.29) is 5.91 Å². The highest BCUT2D eigenvalue weighted by Gasteiger charge is 2.17. The van der Waals surface area contributed by atoms with Gasteiger partial charge in [-0.1, -0.05) is 41.7 Å². The van der Waals surface area contributed by atoms with Crippen molar-refractivity contribution in [3.63, 3.8) is 0 Å². The predicted octanol–water partition coefficient (Wildman–Crippen LogP) is 3.62. The van der Waals surface area contributed by atoms with E-state index in [1.807, 2.05) is 30.3 Å². The van der Waals surface area contributed by atoms with Crippen LogP contribution >= 0.6 is 11.3 Å². The van der Waals surface area contributed by atoms with Crippen molar-refractivity contribution >= 4 is 22.4 Å². The molecule has 25 heavy (non-hydrogen) atoms. The first kappa shape index (κ1) is 16.9. The highest BCUT2D eigenvalue weighted by atomic mass is 32.1. The normalized spacial score (nSPS) is 11.6. The van der Waals surface area contributed by atoms with Gasteiger partial charge in [-0.15, -0.1) is 10.2 Å². The Labute approximate surface area is 149 Å². The molecule has 0 spiro atoms. The molecule has 3 aromatic rings. The van der Waals surface area contributed by atoms with Gasteiger partial charge in [-0.05, 0) is 31.2 Å². The maximum absolute atomic E-state index is 12.3. The van der Waals surface area contributed by atoms with Gasteiger partial charge in [0.1, 0.15) is 16.5 Å². The molecule has 7 heteroatoms. The highest BCUT2D eigenvalue weighted by Crippen LogP contribution is 2.26. The second-order valence-corrected chi connectivity index (χ2v) is 6.18. The lowest BCUT2D eigenvalue weighted by molar-refractivity contribution is -0.122. The average Bonchev–Trinajstić information content (AvgIpc) is 3.11. The minimum atomic E-state index is -0.669. The molecular formula is C18H17N3O3S. The van der Waals surface area contributed by atoms with Crippen LogP contribution in [-0.4, -0.2) is 29.3 Å². The number of amides is 1. The van der Waals surface area contributed by atoms with Gasteiger partial charge in [0.2, 0.25) is 5.13 Å². The van der Waals surface area contributed by atoms with Crippen LogP contribution in [0.25, 0.3) is 10.6 Å². The summed E-state index contributed by atoms with van der Waals surface area (Å²) in [4.78, 5) is 12.3. The van der Waals surface area contributed by atoms with Crippen LogP contribution in [0, 0.1) is 0 Å². The van der Waals surface area contributed by atoms with Crippen LogP contribution in [-0.2, 0) is 4.79 Å². The lowest BCUT2D eigenvalue weighted by atomic mass is 10.2. The molecule has 0 radical (unpaired) electrons. The minimum absolute atomic E-state index is 0.286. The Bertz CT molecular complexity index is 834. The Morgan fingerprint density at radius 3 is 2.40 bits per heavy atom. The van der Waals surface area contributed by atoms with Crippen molar-refractivity contribution in [1.29, 1.82) is 0 Å². The molecule has 6 nitrogen and oxygen atoms in total.